The standard InChI is InChI=1S/C17H25ClFN3O2/c1-24-8-6-20-10-17(23)21-15-3-2-7-22(12-15)11-13-4-5-14(19)9-16(13)18/h4-5,9,15,20H,2-3,6-8,10-12H2,1H3,(H,21,23). The monoisotopic (exact) mass is 357 g/mol. The first-order chi connectivity index (χ1) is 11.6. The lowest BCUT2D eigenvalue weighted by atomic mass is 10.0. The van der Waals surface area contributed by atoms with Gasteiger partial charge in [0.2, 0.25) is 5.91 Å². The van der Waals surface area contributed by atoms with Crippen LogP contribution in [-0.4, -0.2) is 56.7 Å². The van der Waals surface area contributed by atoms with Crippen molar-refractivity contribution in [2.24, 2.45) is 0 Å². The maximum atomic E-state index is 13.1. The van der Waals surface area contributed by atoms with Crippen molar-refractivity contribution in [3.05, 3.63) is 34.6 Å². The van der Waals surface area contributed by atoms with Crippen molar-refractivity contribution in [1.29, 1.82) is 0 Å². The molecule has 2 N–H and O–H groups in total. The van der Waals surface area contributed by atoms with Crippen LogP contribution in [0.2, 0.25) is 5.02 Å². The molecule has 1 amide bonds. The molecule has 0 radical (unpaired) electrons. The van der Waals surface area contributed by atoms with Crippen molar-refractivity contribution in [3.63, 3.8) is 0 Å². The Morgan fingerprint density at radius 1 is 1.50 bits per heavy atom. The number of nitrogens with zero attached hydrogens (tertiary/aromatic N) is 1. The number of benzene rings is 1. The van der Waals surface area contributed by atoms with Crippen LogP contribution >= 0.6 is 11.6 Å². The van der Waals surface area contributed by atoms with E-state index < -0.39 is 0 Å². The lowest BCUT2D eigenvalue weighted by molar-refractivity contribution is -0.121. The molecule has 24 heavy (non-hydrogen) atoms. The molecule has 1 atom stereocenters. The first-order valence-corrected chi connectivity index (χ1v) is 8.61. The van der Waals surface area contributed by atoms with E-state index in [0.29, 0.717) is 31.3 Å². The molecule has 1 aromatic carbocycles. The highest BCUT2D eigenvalue weighted by atomic mass is 35.5. The van der Waals surface area contributed by atoms with Crippen LogP contribution in [0.3, 0.4) is 0 Å². The van der Waals surface area contributed by atoms with Gasteiger partial charge in [0.25, 0.3) is 0 Å². The summed E-state index contributed by atoms with van der Waals surface area (Å²) < 4.78 is 18.0. The number of likely N-dealkylation sites (tertiary alicyclic amines) is 1. The summed E-state index contributed by atoms with van der Waals surface area (Å²) in [7, 11) is 1.63. The second kappa shape index (κ2) is 9.93. The highest BCUT2D eigenvalue weighted by Gasteiger charge is 2.21. The molecule has 7 heteroatoms. The van der Waals surface area contributed by atoms with E-state index in [0.717, 1.165) is 31.5 Å². The zero-order chi connectivity index (χ0) is 17.4. The molecule has 1 heterocycles. The third kappa shape index (κ3) is 6.36. The number of carbonyl (C=O) groups is 1. The number of hydrogen-bond donors (Lipinski definition) is 2. The largest absolute Gasteiger partial charge is 0.383 e. The fourth-order valence-electron chi connectivity index (χ4n) is 2.86. The molecule has 1 saturated heterocycles. The summed E-state index contributed by atoms with van der Waals surface area (Å²) in [6.45, 7) is 3.93. The van der Waals surface area contributed by atoms with Crippen molar-refractivity contribution < 1.29 is 13.9 Å². The Balaban J connectivity index is 1.77. The summed E-state index contributed by atoms with van der Waals surface area (Å²) in [4.78, 5) is 14.2. The van der Waals surface area contributed by atoms with Crippen LogP contribution in [-0.2, 0) is 16.1 Å². The van der Waals surface area contributed by atoms with Crippen LogP contribution in [0.1, 0.15) is 18.4 Å². The molecule has 2 rings (SSSR count). The summed E-state index contributed by atoms with van der Waals surface area (Å²) in [5.74, 6) is -0.328. The van der Waals surface area contributed by atoms with Gasteiger partial charge in [-0.1, -0.05) is 17.7 Å². The number of ether oxygens (including phenoxy) is 1. The lowest BCUT2D eigenvalue weighted by Crippen LogP contribution is -2.49. The van der Waals surface area contributed by atoms with Crippen molar-refractivity contribution in [2.45, 2.75) is 25.4 Å². The van der Waals surface area contributed by atoms with Gasteiger partial charge in [0, 0.05) is 37.8 Å². The van der Waals surface area contributed by atoms with E-state index in [4.69, 9.17) is 16.3 Å². The van der Waals surface area contributed by atoms with Gasteiger partial charge in [-0.3, -0.25) is 9.69 Å². The van der Waals surface area contributed by atoms with Gasteiger partial charge in [-0.2, -0.15) is 0 Å². The van der Waals surface area contributed by atoms with Crippen molar-refractivity contribution in [3.8, 4) is 0 Å². The average molecular weight is 358 g/mol. The van der Waals surface area contributed by atoms with Crippen molar-refractivity contribution in [2.75, 3.05) is 39.9 Å². The van der Waals surface area contributed by atoms with Crippen LogP contribution in [0.4, 0.5) is 4.39 Å². The molecular weight excluding hydrogens is 333 g/mol. The molecule has 1 fully saturated rings. The molecule has 134 valence electrons. The number of carbonyl (C=O) groups excluding carboxylic acids is 1. The molecule has 0 saturated carbocycles. The maximum Gasteiger partial charge on any atom is 0.234 e. The normalized spacial score (nSPS) is 18.5. The number of halogens is 2. The predicted molar refractivity (Wildman–Crippen MR) is 92.6 cm³/mol. The Kier molecular flexibility index (Phi) is 7.91. The number of hydrogen-bond acceptors (Lipinski definition) is 4. The van der Waals surface area contributed by atoms with Crippen LogP contribution in [0, 0.1) is 5.82 Å². The molecule has 1 unspecified atom stereocenters. The number of nitrogens with one attached hydrogen (secondary N) is 2. The minimum atomic E-state index is -0.325. The third-order valence-electron chi connectivity index (χ3n) is 4.05. The van der Waals surface area contributed by atoms with Crippen LogP contribution in [0.5, 0.6) is 0 Å². The van der Waals surface area contributed by atoms with Gasteiger partial charge < -0.3 is 15.4 Å². The topological polar surface area (TPSA) is 53.6 Å². The number of methoxy groups -OCH3 is 1. The number of amides is 1. The molecular formula is C17H25ClFN3O2. The molecule has 1 aliphatic rings. The molecule has 5 nitrogen and oxygen atoms in total. The SMILES string of the molecule is COCCNCC(=O)NC1CCCN(Cc2ccc(F)cc2Cl)C1. The molecule has 0 aromatic heterocycles. The van der Waals surface area contributed by atoms with Crippen LogP contribution in [0.15, 0.2) is 18.2 Å². The van der Waals surface area contributed by atoms with Gasteiger partial charge in [0.05, 0.1) is 13.2 Å². The van der Waals surface area contributed by atoms with E-state index in [1.165, 1.54) is 12.1 Å². The van der Waals surface area contributed by atoms with E-state index in [-0.39, 0.29) is 17.8 Å². The van der Waals surface area contributed by atoms with E-state index in [1.807, 2.05) is 0 Å². The fraction of sp³-hybridized carbons (Fsp3) is 0.588. The number of rotatable bonds is 8. The molecule has 1 aromatic rings. The first kappa shape index (κ1) is 19.1. The maximum absolute atomic E-state index is 13.1. The molecule has 1 aliphatic heterocycles. The van der Waals surface area contributed by atoms with Gasteiger partial charge >= 0.3 is 0 Å². The Morgan fingerprint density at radius 2 is 2.33 bits per heavy atom. The summed E-state index contributed by atoms with van der Waals surface area (Å²) in [6, 6.07) is 4.62. The van der Waals surface area contributed by atoms with Gasteiger partial charge in [-0.25, -0.2) is 4.39 Å². The molecule has 0 spiro atoms. The van der Waals surface area contributed by atoms with Crippen LogP contribution < -0.4 is 10.6 Å². The fourth-order valence-corrected chi connectivity index (χ4v) is 3.09. The summed E-state index contributed by atoms with van der Waals surface area (Å²) in [5.41, 5.74) is 0.909. The second-order valence-electron chi connectivity index (χ2n) is 6.05. The quantitative estimate of drug-likeness (QED) is 0.697. The lowest BCUT2D eigenvalue weighted by Gasteiger charge is -2.33. The Morgan fingerprint density at radius 3 is 3.08 bits per heavy atom. The van der Waals surface area contributed by atoms with Gasteiger partial charge in [0.15, 0.2) is 0 Å². The van der Waals surface area contributed by atoms with E-state index in [9.17, 15) is 9.18 Å². The van der Waals surface area contributed by atoms with Gasteiger partial charge in [0.1, 0.15) is 5.82 Å². The van der Waals surface area contributed by atoms with Gasteiger partial charge in [-0.15, -0.1) is 0 Å². The Hall–Kier alpha value is -1.21. The third-order valence-corrected chi connectivity index (χ3v) is 4.40. The summed E-state index contributed by atoms with van der Waals surface area (Å²) in [6.07, 6.45) is 1.98. The van der Waals surface area contributed by atoms with Gasteiger partial charge in [-0.05, 0) is 37.1 Å². The zero-order valence-corrected chi connectivity index (χ0v) is 14.7. The second-order valence-corrected chi connectivity index (χ2v) is 6.45. The van der Waals surface area contributed by atoms with Crippen LogP contribution in [0.25, 0.3) is 0 Å². The minimum Gasteiger partial charge on any atom is -0.383 e. The van der Waals surface area contributed by atoms with E-state index >= 15 is 0 Å². The molecule has 0 aliphatic carbocycles. The highest BCUT2D eigenvalue weighted by molar-refractivity contribution is 6.31. The number of piperidine rings is 1. The Labute approximate surface area is 147 Å². The minimum absolute atomic E-state index is 0.00207. The highest BCUT2D eigenvalue weighted by Crippen LogP contribution is 2.21. The average Bonchev–Trinajstić information content (AvgIpc) is 2.55. The Bertz CT molecular complexity index is 545. The summed E-state index contributed by atoms with van der Waals surface area (Å²) >= 11 is 6.10. The summed E-state index contributed by atoms with van der Waals surface area (Å²) in [5, 5.41) is 6.54. The smallest absolute Gasteiger partial charge is 0.234 e. The predicted octanol–water partition coefficient (Wildman–Crippen LogP) is 1.80. The van der Waals surface area contributed by atoms with E-state index in [1.54, 1.807) is 13.2 Å². The van der Waals surface area contributed by atoms with E-state index in [2.05, 4.69) is 15.5 Å². The van der Waals surface area contributed by atoms with Crippen molar-refractivity contribution in [1.82, 2.24) is 15.5 Å². The first-order valence-electron chi connectivity index (χ1n) is 8.24. The van der Waals surface area contributed by atoms with Crippen molar-refractivity contribution >= 4 is 17.5 Å². The zero-order valence-electron chi connectivity index (χ0n) is 14.0. The molecule has 0 bridgehead atoms.